The van der Waals surface area contributed by atoms with Gasteiger partial charge in [-0.3, -0.25) is 9.59 Å². The molecule has 0 aromatic heterocycles. The number of phenolic OH excluding ortho intramolecular Hbond substituents is 1. The van der Waals surface area contributed by atoms with Gasteiger partial charge in [-0.05, 0) is 68.5 Å². The first-order chi connectivity index (χ1) is 15.7. The van der Waals surface area contributed by atoms with Crippen molar-refractivity contribution in [3.8, 4) is 17.2 Å². The zero-order chi connectivity index (χ0) is 24.1. The highest BCUT2D eigenvalue weighted by Crippen LogP contribution is 2.36. The second-order valence-electron chi connectivity index (χ2n) is 8.30. The molecule has 33 heavy (non-hydrogen) atoms. The first kappa shape index (κ1) is 24.4. The van der Waals surface area contributed by atoms with Gasteiger partial charge in [0.1, 0.15) is 17.2 Å². The van der Waals surface area contributed by atoms with Crippen LogP contribution in [0.4, 0.5) is 5.69 Å². The van der Waals surface area contributed by atoms with E-state index in [9.17, 15) is 19.5 Å². The number of phenols is 1. The maximum absolute atomic E-state index is 12.8. The van der Waals surface area contributed by atoms with Crippen LogP contribution in [0.5, 0.6) is 17.2 Å². The molecule has 1 saturated carbocycles. The van der Waals surface area contributed by atoms with Crippen molar-refractivity contribution in [2.45, 2.75) is 52.0 Å². The average molecular weight is 475 g/mol. The van der Waals surface area contributed by atoms with E-state index in [1.807, 2.05) is 6.92 Å². The number of carboxylic acids is 1. The molecule has 0 heterocycles. The van der Waals surface area contributed by atoms with E-state index in [1.165, 1.54) is 49.6 Å². The van der Waals surface area contributed by atoms with E-state index < -0.39 is 11.9 Å². The SMILES string of the molecule is Cc1cc(NC(=O)C(=O)O)cc(Cl)c1Oc1ccc(O)c(C(=O)NC(C)C2CCCCC2)c1. The topological polar surface area (TPSA) is 125 Å². The summed E-state index contributed by atoms with van der Waals surface area (Å²) < 4.78 is 5.86. The van der Waals surface area contributed by atoms with Crippen molar-refractivity contribution in [2.75, 3.05) is 5.32 Å². The monoisotopic (exact) mass is 474 g/mol. The molecule has 1 aliphatic rings. The second-order valence-corrected chi connectivity index (χ2v) is 8.71. The standard InChI is InChI=1S/C24H27ClN2O6/c1-13-10-16(27-23(30)24(31)32)11-19(25)21(13)33-17-8-9-20(28)18(12-17)22(29)26-14(2)15-6-4-3-5-7-15/h8-12,14-15,28H,3-7H2,1-2H3,(H,26,29)(H,27,30)(H,31,32). The summed E-state index contributed by atoms with van der Waals surface area (Å²) in [6.45, 7) is 3.66. The number of anilines is 1. The number of hydrogen-bond donors (Lipinski definition) is 4. The molecule has 8 nitrogen and oxygen atoms in total. The number of carbonyl (C=O) groups is 3. The number of aliphatic carboxylic acids is 1. The van der Waals surface area contributed by atoms with E-state index in [2.05, 4.69) is 10.6 Å². The molecule has 4 N–H and O–H groups in total. The number of benzene rings is 2. The Balaban J connectivity index is 1.76. The highest BCUT2D eigenvalue weighted by Gasteiger charge is 2.23. The third kappa shape index (κ3) is 6.16. The van der Waals surface area contributed by atoms with E-state index >= 15 is 0 Å². The smallest absolute Gasteiger partial charge is 0.394 e. The van der Waals surface area contributed by atoms with E-state index in [4.69, 9.17) is 21.4 Å². The highest BCUT2D eigenvalue weighted by atomic mass is 35.5. The van der Waals surface area contributed by atoms with Gasteiger partial charge in [-0.15, -0.1) is 0 Å². The Hall–Kier alpha value is -3.26. The number of aromatic hydroxyl groups is 1. The first-order valence-corrected chi connectivity index (χ1v) is 11.2. The fourth-order valence-corrected chi connectivity index (χ4v) is 4.34. The van der Waals surface area contributed by atoms with Crippen LogP contribution in [0.25, 0.3) is 0 Å². The van der Waals surface area contributed by atoms with Gasteiger partial charge in [-0.1, -0.05) is 30.9 Å². The van der Waals surface area contributed by atoms with Crippen LogP contribution in [0.3, 0.4) is 0 Å². The van der Waals surface area contributed by atoms with Crippen LogP contribution in [0, 0.1) is 12.8 Å². The number of aryl methyl sites for hydroxylation is 1. The molecule has 0 saturated heterocycles. The zero-order valence-electron chi connectivity index (χ0n) is 18.5. The number of halogens is 1. The molecule has 9 heteroatoms. The quantitative estimate of drug-likeness (QED) is 0.443. The van der Waals surface area contributed by atoms with Crippen molar-refractivity contribution in [3.63, 3.8) is 0 Å². The van der Waals surface area contributed by atoms with Gasteiger partial charge in [-0.2, -0.15) is 0 Å². The normalized spacial score (nSPS) is 14.9. The number of carboxylic acid groups (broad SMARTS) is 1. The number of rotatable bonds is 6. The lowest BCUT2D eigenvalue weighted by molar-refractivity contribution is -0.147. The molecular weight excluding hydrogens is 448 g/mol. The minimum Gasteiger partial charge on any atom is -0.507 e. The number of nitrogens with one attached hydrogen (secondary N) is 2. The summed E-state index contributed by atoms with van der Waals surface area (Å²) >= 11 is 6.28. The van der Waals surface area contributed by atoms with Gasteiger partial charge in [0, 0.05) is 11.7 Å². The molecule has 2 amide bonds. The molecule has 176 valence electrons. The number of ether oxygens (including phenoxy) is 1. The second kappa shape index (κ2) is 10.6. The molecule has 2 aromatic rings. The van der Waals surface area contributed by atoms with Gasteiger partial charge in [0.2, 0.25) is 0 Å². The van der Waals surface area contributed by atoms with Crippen molar-refractivity contribution >= 4 is 35.1 Å². The third-order valence-electron chi connectivity index (χ3n) is 5.83. The minimum atomic E-state index is -1.61. The maximum Gasteiger partial charge on any atom is 0.394 e. The van der Waals surface area contributed by atoms with Crippen LogP contribution in [-0.4, -0.2) is 34.0 Å². The summed E-state index contributed by atoms with van der Waals surface area (Å²) in [5.74, 6) is -2.36. The molecule has 0 radical (unpaired) electrons. The fraction of sp³-hybridized carbons (Fsp3) is 0.375. The first-order valence-electron chi connectivity index (χ1n) is 10.8. The summed E-state index contributed by atoms with van der Waals surface area (Å²) in [6.07, 6.45) is 5.72. The number of amides is 2. The zero-order valence-corrected chi connectivity index (χ0v) is 19.2. The molecule has 3 rings (SSSR count). The van der Waals surface area contributed by atoms with Crippen LogP contribution in [0.2, 0.25) is 5.02 Å². The van der Waals surface area contributed by atoms with Gasteiger partial charge in [-0.25, -0.2) is 4.79 Å². The summed E-state index contributed by atoms with van der Waals surface area (Å²) in [5.41, 5.74) is 0.835. The van der Waals surface area contributed by atoms with Crippen LogP contribution in [0.1, 0.15) is 54.9 Å². The molecule has 2 aromatic carbocycles. The number of hydrogen-bond acceptors (Lipinski definition) is 5. The molecule has 1 atom stereocenters. The molecule has 1 unspecified atom stereocenters. The van der Waals surface area contributed by atoms with Crippen molar-refractivity contribution in [2.24, 2.45) is 5.92 Å². The van der Waals surface area contributed by atoms with Crippen molar-refractivity contribution in [3.05, 3.63) is 46.5 Å². The summed E-state index contributed by atoms with van der Waals surface area (Å²) in [6, 6.07) is 7.19. The van der Waals surface area contributed by atoms with Crippen LogP contribution in [-0.2, 0) is 9.59 Å². The van der Waals surface area contributed by atoms with E-state index in [-0.39, 0.29) is 45.5 Å². The van der Waals surface area contributed by atoms with Crippen LogP contribution >= 0.6 is 11.6 Å². The van der Waals surface area contributed by atoms with Crippen molar-refractivity contribution in [1.29, 1.82) is 0 Å². The maximum atomic E-state index is 12.8. The van der Waals surface area contributed by atoms with Gasteiger partial charge in [0.25, 0.3) is 5.91 Å². The summed E-state index contributed by atoms with van der Waals surface area (Å²) in [7, 11) is 0. The lowest BCUT2D eigenvalue weighted by Crippen LogP contribution is -2.38. The lowest BCUT2D eigenvalue weighted by atomic mass is 9.84. The van der Waals surface area contributed by atoms with Gasteiger partial charge in [0.15, 0.2) is 0 Å². The predicted octanol–water partition coefficient (Wildman–Crippen LogP) is 4.87. The molecule has 1 fully saturated rings. The molecule has 0 aliphatic heterocycles. The molecular formula is C24H27ClN2O6. The van der Waals surface area contributed by atoms with Crippen LogP contribution in [0.15, 0.2) is 30.3 Å². The van der Waals surface area contributed by atoms with Gasteiger partial charge < -0.3 is 25.6 Å². The average Bonchev–Trinajstić information content (AvgIpc) is 2.77. The minimum absolute atomic E-state index is 0.00739. The van der Waals surface area contributed by atoms with E-state index in [1.54, 1.807) is 6.92 Å². The lowest BCUT2D eigenvalue weighted by Gasteiger charge is -2.28. The third-order valence-corrected chi connectivity index (χ3v) is 6.11. The van der Waals surface area contributed by atoms with Gasteiger partial charge >= 0.3 is 11.9 Å². The van der Waals surface area contributed by atoms with E-state index in [0.29, 0.717) is 11.5 Å². The largest absolute Gasteiger partial charge is 0.507 e. The predicted molar refractivity (Wildman–Crippen MR) is 124 cm³/mol. The summed E-state index contributed by atoms with van der Waals surface area (Å²) in [5, 5.41) is 24.3. The van der Waals surface area contributed by atoms with Crippen molar-refractivity contribution < 1.29 is 29.3 Å². The molecule has 0 spiro atoms. The number of carbonyl (C=O) groups excluding carboxylic acids is 2. The summed E-state index contributed by atoms with van der Waals surface area (Å²) in [4.78, 5) is 34.9. The van der Waals surface area contributed by atoms with E-state index in [0.717, 1.165) is 12.8 Å². The molecule has 1 aliphatic carbocycles. The Labute approximate surface area is 196 Å². The van der Waals surface area contributed by atoms with Crippen molar-refractivity contribution in [1.82, 2.24) is 5.32 Å². The Morgan fingerprint density at radius 3 is 2.45 bits per heavy atom. The fourth-order valence-electron chi connectivity index (χ4n) is 4.03. The Bertz CT molecular complexity index is 1040. The molecule has 0 bridgehead atoms. The van der Waals surface area contributed by atoms with Gasteiger partial charge in [0.05, 0.1) is 10.6 Å². The Morgan fingerprint density at radius 1 is 1.12 bits per heavy atom. The van der Waals surface area contributed by atoms with Crippen LogP contribution < -0.4 is 15.4 Å². The highest BCUT2D eigenvalue weighted by molar-refractivity contribution is 6.37. The Kier molecular flexibility index (Phi) is 7.81. The Morgan fingerprint density at radius 2 is 1.82 bits per heavy atom.